The van der Waals surface area contributed by atoms with E-state index in [1.807, 2.05) is 36.6 Å². The molecule has 1 atom stereocenters. The maximum absolute atomic E-state index is 13.1. The standard InChI is InChI=1S/C22H25NO4S/c1-3-5-6-13-23-19(15-9-11-16(12-10-15)27-4-2)18(21(25)22(23)26)20(24)17-8-7-14-28-17/h7-12,14,19,25H,3-6,13H2,1-2H3. The maximum atomic E-state index is 13.1. The molecule has 1 N–H and O–H groups in total. The first-order valence-electron chi connectivity index (χ1n) is 9.63. The Labute approximate surface area is 169 Å². The van der Waals surface area contributed by atoms with E-state index in [1.54, 1.807) is 17.0 Å². The molecule has 1 amide bonds. The summed E-state index contributed by atoms with van der Waals surface area (Å²) in [5, 5.41) is 12.4. The molecule has 1 unspecified atom stereocenters. The van der Waals surface area contributed by atoms with E-state index in [0.29, 0.717) is 18.0 Å². The largest absolute Gasteiger partial charge is 0.503 e. The summed E-state index contributed by atoms with van der Waals surface area (Å²) in [6.45, 7) is 5.07. The van der Waals surface area contributed by atoms with Crippen molar-refractivity contribution < 1.29 is 19.4 Å². The first-order valence-corrected chi connectivity index (χ1v) is 10.5. The number of hydrogen-bond donors (Lipinski definition) is 1. The third-order valence-corrected chi connectivity index (χ3v) is 5.67. The molecule has 6 heteroatoms. The summed E-state index contributed by atoms with van der Waals surface area (Å²) in [5.41, 5.74) is 0.949. The monoisotopic (exact) mass is 399 g/mol. The van der Waals surface area contributed by atoms with Crippen molar-refractivity contribution in [2.24, 2.45) is 0 Å². The molecular formula is C22H25NO4S. The second-order valence-corrected chi connectivity index (χ2v) is 7.63. The molecule has 0 spiro atoms. The molecule has 0 saturated carbocycles. The number of ether oxygens (including phenoxy) is 1. The van der Waals surface area contributed by atoms with Crippen molar-refractivity contribution in [2.45, 2.75) is 39.2 Å². The van der Waals surface area contributed by atoms with Crippen LogP contribution < -0.4 is 4.74 Å². The number of nitrogens with zero attached hydrogens (tertiary/aromatic N) is 1. The topological polar surface area (TPSA) is 66.8 Å². The van der Waals surface area contributed by atoms with Gasteiger partial charge in [0, 0.05) is 6.54 Å². The Kier molecular flexibility index (Phi) is 6.52. The number of Topliss-reactive ketones (excluding diaryl/α,β-unsaturated/α-hetero) is 1. The summed E-state index contributed by atoms with van der Waals surface area (Å²) in [4.78, 5) is 28.0. The first kappa shape index (κ1) is 20.1. The van der Waals surface area contributed by atoms with Crippen LogP contribution in [0.2, 0.25) is 0 Å². The molecule has 2 aromatic rings. The number of carbonyl (C=O) groups excluding carboxylic acids is 2. The van der Waals surface area contributed by atoms with E-state index in [4.69, 9.17) is 4.74 Å². The lowest BCUT2D eigenvalue weighted by Crippen LogP contribution is -2.32. The Morgan fingerprint density at radius 3 is 2.54 bits per heavy atom. The summed E-state index contributed by atoms with van der Waals surface area (Å²) in [6, 6.07) is 10.3. The van der Waals surface area contributed by atoms with Crippen molar-refractivity contribution in [1.29, 1.82) is 0 Å². The number of hydrogen-bond acceptors (Lipinski definition) is 5. The SMILES string of the molecule is CCCCCN1C(=O)C(O)=C(C(=O)c2cccs2)C1c1ccc(OCC)cc1. The Morgan fingerprint density at radius 2 is 1.93 bits per heavy atom. The van der Waals surface area contributed by atoms with Crippen LogP contribution >= 0.6 is 11.3 Å². The molecule has 0 radical (unpaired) electrons. The zero-order chi connectivity index (χ0) is 20.1. The Bertz CT molecular complexity index is 855. The van der Waals surface area contributed by atoms with E-state index in [0.717, 1.165) is 30.6 Å². The predicted octanol–water partition coefficient (Wildman–Crippen LogP) is 4.92. The van der Waals surface area contributed by atoms with Crippen molar-refractivity contribution in [1.82, 2.24) is 4.90 Å². The molecule has 1 aliphatic rings. The van der Waals surface area contributed by atoms with E-state index >= 15 is 0 Å². The van der Waals surface area contributed by atoms with Crippen LogP contribution in [0.5, 0.6) is 5.75 Å². The zero-order valence-corrected chi connectivity index (χ0v) is 17.0. The van der Waals surface area contributed by atoms with E-state index in [2.05, 4.69) is 6.92 Å². The van der Waals surface area contributed by atoms with Gasteiger partial charge in [0.2, 0.25) is 5.78 Å². The highest BCUT2D eigenvalue weighted by Gasteiger charge is 2.43. The van der Waals surface area contributed by atoms with Gasteiger partial charge in [-0.1, -0.05) is 38.0 Å². The van der Waals surface area contributed by atoms with Crippen molar-refractivity contribution in [2.75, 3.05) is 13.2 Å². The zero-order valence-electron chi connectivity index (χ0n) is 16.2. The van der Waals surface area contributed by atoms with Crippen molar-refractivity contribution in [3.63, 3.8) is 0 Å². The Balaban J connectivity index is 1.99. The van der Waals surface area contributed by atoms with E-state index in [1.165, 1.54) is 11.3 Å². The molecule has 0 bridgehead atoms. The second kappa shape index (κ2) is 9.06. The summed E-state index contributed by atoms with van der Waals surface area (Å²) in [5.74, 6) is -0.478. The molecule has 0 fully saturated rings. The minimum absolute atomic E-state index is 0.160. The average Bonchev–Trinajstić information content (AvgIpc) is 3.32. The van der Waals surface area contributed by atoms with Gasteiger partial charge in [-0.05, 0) is 42.5 Å². The third-order valence-electron chi connectivity index (χ3n) is 4.80. The molecule has 5 nitrogen and oxygen atoms in total. The van der Waals surface area contributed by atoms with Gasteiger partial charge < -0.3 is 14.7 Å². The molecule has 2 heterocycles. The van der Waals surface area contributed by atoms with Crippen LogP contribution in [0.25, 0.3) is 0 Å². The number of carbonyl (C=O) groups is 2. The minimum Gasteiger partial charge on any atom is -0.503 e. The van der Waals surface area contributed by atoms with Gasteiger partial charge in [0.05, 0.1) is 23.1 Å². The molecular weight excluding hydrogens is 374 g/mol. The molecule has 1 aliphatic heterocycles. The predicted molar refractivity (Wildman–Crippen MR) is 110 cm³/mol. The number of rotatable bonds is 9. The highest BCUT2D eigenvalue weighted by atomic mass is 32.1. The summed E-state index contributed by atoms with van der Waals surface area (Å²) < 4.78 is 5.50. The van der Waals surface area contributed by atoms with Crippen LogP contribution in [0.4, 0.5) is 0 Å². The average molecular weight is 400 g/mol. The normalized spacial score (nSPS) is 16.7. The van der Waals surface area contributed by atoms with E-state index in [9.17, 15) is 14.7 Å². The quantitative estimate of drug-likeness (QED) is 0.480. The lowest BCUT2D eigenvalue weighted by atomic mass is 9.95. The van der Waals surface area contributed by atoms with Gasteiger partial charge in [0.25, 0.3) is 5.91 Å². The second-order valence-electron chi connectivity index (χ2n) is 6.68. The smallest absolute Gasteiger partial charge is 0.290 e. The van der Waals surface area contributed by atoms with Gasteiger partial charge in [-0.2, -0.15) is 0 Å². The van der Waals surface area contributed by atoms with Crippen molar-refractivity contribution in [3.8, 4) is 5.75 Å². The first-order chi connectivity index (χ1) is 13.6. The molecule has 1 aromatic heterocycles. The van der Waals surface area contributed by atoms with Crippen LogP contribution in [-0.2, 0) is 4.79 Å². The van der Waals surface area contributed by atoms with Crippen molar-refractivity contribution in [3.05, 3.63) is 63.6 Å². The number of amides is 1. The van der Waals surface area contributed by atoms with Gasteiger partial charge in [0.1, 0.15) is 5.75 Å². The number of aliphatic hydroxyl groups excluding tert-OH is 1. The van der Waals surface area contributed by atoms with Crippen LogP contribution in [0, 0.1) is 0 Å². The van der Waals surface area contributed by atoms with E-state index < -0.39 is 17.7 Å². The Hall–Kier alpha value is -2.60. The van der Waals surface area contributed by atoms with Crippen LogP contribution in [0.15, 0.2) is 53.1 Å². The number of ketones is 1. The van der Waals surface area contributed by atoms with Gasteiger partial charge in [-0.25, -0.2) is 0 Å². The number of benzene rings is 1. The lowest BCUT2D eigenvalue weighted by Gasteiger charge is -2.27. The minimum atomic E-state index is -0.588. The fourth-order valence-corrected chi connectivity index (χ4v) is 4.13. The van der Waals surface area contributed by atoms with Crippen LogP contribution in [0.1, 0.15) is 54.4 Å². The summed E-state index contributed by atoms with van der Waals surface area (Å²) in [6.07, 6.45) is 2.83. The summed E-state index contributed by atoms with van der Waals surface area (Å²) >= 11 is 1.31. The molecule has 0 aliphatic carbocycles. The molecule has 3 rings (SSSR count). The van der Waals surface area contributed by atoms with Gasteiger partial charge in [-0.15, -0.1) is 11.3 Å². The van der Waals surface area contributed by atoms with Crippen LogP contribution in [0.3, 0.4) is 0 Å². The van der Waals surface area contributed by atoms with Gasteiger partial charge in [-0.3, -0.25) is 9.59 Å². The van der Waals surface area contributed by atoms with Crippen LogP contribution in [-0.4, -0.2) is 34.8 Å². The third kappa shape index (κ3) is 3.97. The maximum Gasteiger partial charge on any atom is 0.290 e. The van der Waals surface area contributed by atoms with Gasteiger partial charge in [0.15, 0.2) is 5.76 Å². The molecule has 28 heavy (non-hydrogen) atoms. The fraction of sp³-hybridized carbons (Fsp3) is 0.364. The number of unbranched alkanes of at least 4 members (excludes halogenated alkanes) is 2. The summed E-state index contributed by atoms with van der Waals surface area (Å²) in [7, 11) is 0. The highest BCUT2D eigenvalue weighted by molar-refractivity contribution is 7.12. The fourth-order valence-electron chi connectivity index (χ4n) is 3.45. The Morgan fingerprint density at radius 1 is 1.18 bits per heavy atom. The van der Waals surface area contributed by atoms with Crippen molar-refractivity contribution >= 4 is 23.0 Å². The number of thiophene rings is 1. The number of aliphatic hydroxyl groups is 1. The van der Waals surface area contributed by atoms with E-state index in [-0.39, 0.29) is 11.4 Å². The lowest BCUT2D eigenvalue weighted by molar-refractivity contribution is -0.129. The molecule has 0 saturated heterocycles. The van der Waals surface area contributed by atoms with Gasteiger partial charge >= 0.3 is 0 Å². The molecule has 1 aromatic carbocycles. The highest BCUT2D eigenvalue weighted by Crippen LogP contribution is 2.40. The molecule has 148 valence electrons.